The van der Waals surface area contributed by atoms with E-state index in [2.05, 4.69) is 0 Å². The van der Waals surface area contributed by atoms with Gasteiger partial charge >= 0.3 is 0 Å². The first-order valence-corrected chi connectivity index (χ1v) is 5.78. The Balaban J connectivity index is 1.96. The average molecular weight is 219 g/mol. The van der Waals surface area contributed by atoms with E-state index in [1.165, 1.54) is 0 Å². The molecule has 0 radical (unpaired) electrons. The molecule has 1 fully saturated rings. The van der Waals surface area contributed by atoms with Crippen molar-refractivity contribution >= 4 is 5.91 Å². The topological polar surface area (TPSA) is 40.5 Å². The minimum absolute atomic E-state index is 0.168. The minimum Gasteiger partial charge on any atom is -0.387 e. The van der Waals surface area contributed by atoms with Gasteiger partial charge in [-0.15, -0.1) is 0 Å². The van der Waals surface area contributed by atoms with E-state index in [4.69, 9.17) is 0 Å². The molecule has 16 heavy (non-hydrogen) atoms. The first kappa shape index (κ1) is 11.1. The van der Waals surface area contributed by atoms with E-state index in [9.17, 15) is 9.90 Å². The molecule has 2 rings (SSSR count). The van der Waals surface area contributed by atoms with Gasteiger partial charge in [-0.3, -0.25) is 4.79 Å². The predicted octanol–water partition coefficient (Wildman–Crippen LogP) is 1.73. The summed E-state index contributed by atoms with van der Waals surface area (Å²) in [5.74, 6) is 0.168. The predicted molar refractivity (Wildman–Crippen MR) is 61.8 cm³/mol. The van der Waals surface area contributed by atoms with Crippen LogP contribution in [0, 0.1) is 0 Å². The van der Waals surface area contributed by atoms with Crippen molar-refractivity contribution in [3.63, 3.8) is 0 Å². The molecule has 0 unspecified atom stereocenters. The Hall–Kier alpha value is -1.35. The summed E-state index contributed by atoms with van der Waals surface area (Å²) in [6.07, 6.45) is 2.09. The Morgan fingerprint density at radius 1 is 1.25 bits per heavy atom. The van der Waals surface area contributed by atoms with E-state index in [0.717, 1.165) is 24.9 Å². The lowest BCUT2D eigenvalue weighted by Gasteiger charge is -2.28. The molecule has 0 spiro atoms. The maximum absolute atomic E-state index is 11.6. The van der Waals surface area contributed by atoms with E-state index in [1.54, 1.807) is 4.90 Å². The van der Waals surface area contributed by atoms with Crippen LogP contribution in [0.25, 0.3) is 0 Å². The summed E-state index contributed by atoms with van der Waals surface area (Å²) in [4.78, 5) is 13.3. The Bertz CT molecular complexity index is 350. The molecule has 86 valence electrons. The number of β-amino-alcohol motifs (C(OH)–C–C–N with tert-alkyl or cyclic N) is 1. The third kappa shape index (κ3) is 2.61. The normalized spacial score (nSPS) is 18.6. The van der Waals surface area contributed by atoms with Crippen molar-refractivity contribution in [2.24, 2.45) is 0 Å². The monoisotopic (exact) mass is 219 g/mol. The van der Waals surface area contributed by atoms with Gasteiger partial charge in [0, 0.05) is 13.0 Å². The number of hydrogen-bond donors (Lipinski definition) is 1. The van der Waals surface area contributed by atoms with Crippen LogP contribution in [-0.2, 0) is 4.79 Å². The van der Waals surface area contributed by atoms with Gasteiger partial charge in [-0.05, 0) is 18.4 Å². The smallest absolute Gasteiger partial charge is 0.222 e. The molecule has 1 amide bonds. The summed E-state index contributed by atoms with van der Waals surface area (Å²) in [5, 5.41) is 10.00. The van der Waals surface area contributed by atoms with Gasteiger partial charge in [0.2, 0.25) is 5.91 Å². The Morgan fingerprint density at radius 3 is 2.69 bits per heavy atom. The van der Waals surface area contributed by atoms with Gasteiger partial charge in [-0.2, -0.15) is 0 Å². The van der Waals surface area contributed by atoms with Gasteiger partial charge in [-0.1, -0.05) is 30.3 Å². The molecule has 1 heterocycles. The summed E-state index contributed by atoms with van der Waals surface area (Å²) in [6.45, 7) is 1.20. The fourth-order valence-electron chi connectivity index (χ4n) is 2.04. The highest BCUT2D eigenvalue weighted by atomic mass is 16.3. The second-order valence-corrected chi connectivity index (χ2v) is 4.22. The molecular formula is C13H17NO2. The molecule has 3 nitrogen and oxygen atoms in total. The number of nitrogens with zero attached hydrogens (tertiary/aromatic N) is 1. The van der Waals surface area contributed by atoms with E-state index < -0.39 is 6.10 Å². The standard InChI is InChI=1S/C13H17NO2/c15-12(11-6-2-1-3-7-11)10-14-9-5-4-8-13(14)16/h1-3,6-7,12,15H,4-5,8-10H2/t12-/m0/s1. The van der Waals surface area contributed by atoms with Crippen molar-refractivity contribution in [3.8, 4) is 0 Å². The maximum atomic E-state index is 11.6. The average Bonchev–Trinajstić information content (AvgIpc) is 2.33. The third-order valence-electron chi connectivity index (χ3n) is 3.00. The number of amides is 1. The molecular weight excluding hydrogens is 202 g/mol. The zero-order chi connectivity index (χ0) is 11.4. The maximum Gasteiger partial charge on any atom is 0.222 e. The number of carbonyl (C=O) groups excluding carboxylic acids is 1. The molecule has 0 aliphatic carbocycles. The molecule has 1 aromatic carbocycles. The second-order valence-electron chi connectivity index (χ2n) is 4.22. The zero-order valence-corrected chi connectivity index (χ0v) is 9.30. The quantitative estimate of drug-likeness (QED) is 0.841. The number of aliphatic hydroxyl groups excluding tert-OH is 1. The van der Waals surface area contributed by atoms with Crippen molar-refractivity contribution in [2.75, 3.05) is 13.1 Å². The summed E-state index contributed by atoms with van der Waals surface area (Å²) < 4.78 is 0. The van der Waals surface area contributed by atoms with Crippen LogP contribution in [0.15, 0.2) is 30.3 Å². The van der Waals surface area contributed by atoms with E-state index in [-0.39, 0.29) is 5.91 Å². The summed E-state index contributed by atoms with van der Waals surface area (Å²) in [6, 6.07) is 9.49. The number of hydrogen-bond acceptors (Lipinski definition) is 2. The van der Waals surface area contributed by atoms with Crippen LogP contribution in [0.1, 0.15) is 30.9 Å². The molecule has 1 aliphatic heterocycles. The SMILES string of the molecule is O=C1CCCCN1C[C@H](O)c1ccccc1. The highest BCUT2D eigenvalue weighted by molar-refractivity contribution is 5.76. The summed E-state index contributed by atoms with van der Waals surface area (Å²) >= 11 is 0. The van der Waals surface area contributed by atoms with Crippen LogP contribution in [0.3, 0.4) is 0 Å². The number of aliphatic hydroxyl groups is 1. The Kier molecular flexibility index (Phi) is 3.57. The lowest BCUT2D eigenvalue weighted by Crippen LogP contribution is -2.38. The first-order valence-electron chi connectivity index (χ1n) is 5.78. The number of likely N-dealkylation sites (tertiary alicyclic amines) is 1. The van der Waals surface area contributed by atoms with Crippen LogP contribution in [-0.4, -0.2) is 29.0 Å². The fourth-order valence-corrected chi connectivity index (χ4v) is 2.04. The lowest BCUT2D eigenvalue weighted by atomic mass is 10.1. The van der Waals surface area contributed by atoms with Gasteiger partial charge < -0.3 is 10.0 Å². The van der Waals surface area contributed by atoms with E-state index >= 15 is 0 Å². The summed E-state index contributed by atoms with van der Waals surface area (Å²) in [5.41, 5.74) is 0.876. The van der Waals surface area contributed by atoms with Crippen molar-refractivity contribution in [3.05, 3.63) is 35.9 Å². The second kappa shape index (κ2) is 5.12. The van der Waals surface area contributed by atoms with Gasteiger partial charge in [0.05, 0.1) is 12.6 Å². The molecule has 1 aliphatic rings. The van der Waals surface area contributed by atoms with Crippen molar-refractivity contribution in [1.82, 2.24) is 4.90 Å². The molecule has 1 saturated heterocycles. The van der Waals surface area contributed by atoms with Gasteiger partial charge in [-0.25, -0.2) is 0 Å². The van der Waals surface area contributed by atoms with Crippen LogP contribution < -0.4 is 0 Å². The van der Waals surface area contributed by atoms with Crippen LogP contribution in [0.4, 0.5) is 0 Å². The Labute approximate surface area is 95.7 Å². The Morgan fingerprint density at radius 2 is 2.00 bits per heavy atom. The highest BCUT2D eigenvalue weighted by Crippen LogP contribution is 2.17. The van der Waals surface area contributed by atoms with Gasteiger partial charge in [0.1, 0.15) is 0 Å². The van der Waals surface area contributed by atoms with Crippen molar-refractivity contribution in [1.29, 1.82) is 0 Å². The third-order valence-corrected chi connectivity index (χ3v) is 3.00. The number of rotatable bonds is 3. The van der Waals surface area contributed by atoms with Gasteiger partial charge in [0.15, 0.2) is 0 Å². The van der Waals surface area contributed by atoms with E-state index in [1.807, 2.05) is 30.3 Å². The lowest BCUT2D eigenvalue weighted by molar-refractivity contribution is -0.134. The number of carbonyl (C=O) groups is 1. The van der Waals surface area contributed by atoms with Crippen LogP contribution >= 0.6 is 0 Å². The minimum atomic E-state index is -0.566. The van der Waals surface area contributed by atoms with Gasteiger partial charge in [0.25, 0.3) is 0 Å². The molecule has 1 atom stereocenters. The number of benzene rings is 1. The molecule has 3 heteroatoms. The first-order chi connectivity index (χ1) is 7.77. The molecule has 0 saturated carbocycles. The molecule has 0 bridgehead atoms. The van der Waals surface area contributed by atoms with Crippen LogP contribution in [0.5, 0.6) is 0 Å². The molecule has 0 aromatic heterocycles. The van der Waals surface area contributed by atoms with Crippen LogP contribution in [0.2, 0.25) is 0 Å². The number of piperidine rings is 1. The van der Waals surface area contributed by atoms with E-state index in [0.29, 0.717) is 13.0 Å². The highest BCUT2D eigenvalue weighted by Gasteiger charge is 2.21. The zero-order valence-electron chi connectivity index (χ0n) is 9.30. The van der Waals surface area contributed by atoms with Crippen molar-refractivity contribution in [2.45, 2.75) is 25.4 Å². The molecule has 1 aromatic rings. The van der Waals surface area contributed by atoms with Crippen molar-refractivity contribution < 1.29 is 9.90 Å². The largest absolute Gasteiger partial charge is 0.387 e. The summed E-state index contributed by atoms with van der Waals surface area (Å²) in [7, 11) is 0. The molecule has 1 N–H and O–H groups in total. The fraction of sp³-hybridized carbons (Fsp3) is 0.462.